The lowest BCUT2D eigenvalue weighted by Gasteiger charge is -2.11. The van der Waals surface area contributed by atoms with E-state index in [9.17, 15) is 9.90 Å². The fourth-order valence-electron chi connectivity index (χ4n) is 0.819. The molecule has 1 atom stereocenters. The molecular formula is C7H16NO3+. The molecule has 2 N–H and O–H groups in total. The van der Waals surface area contributed by atoms with E-state index in [0.29, 0.717) is 6.54 Å². The Bertz CT molecular complexity index is 125. The van der Waals surface area contributed by atoms with Crippen LogP contribution in [0.4, 0.5) is 0 Å². The Labute approximate surface area is 66.8 Å². The van der Waals surface area contributed by atoms with Gasteiger partial charge in [0.1, 0.15) is 12.6 Å². The van der Waals surface area contributed by atoms with Gasteiger partial charge in [-0.1, -0.05) is 0 Å². The third kappa shape index (κ3) is 5.82. The predicted molar refractivity (Wildman–Crippen MR) is 40.3 cm³/mol. The van der Waals surface area contributed by atoms with Gasteiger partial charge >= 0.3 is 5.97 Å². The van der Waals surface area contributed by atoms with Crippen molar-refractivity contribution in [3.8, 4) is 0 Å². The van der Waals surface area contributed by atoms with Crippen LogP contribution >= 0.6 is 0 Å². The van der Waals surface area contributed by atoms with Crippen molar-refractivity contribution < 1.29 is 19.5 Å². The number of hydrogen-bond acceptors (Lipinski definition) is 3. The first-order valence-corrected chi connectivity index (χ1v) is 3.60. The summed E-state index contributed by atoms with van der Waals surface area (Å²) in [6.45, 7) is 0.565. The molecule has 0 aliphatic carbocycles. The number of carbonyl (C=O) groups excluding carboxylic acids is 1. The number of carbonyl (C=O) groups is 1. The molecule has 0 aliphatic rings. The monoisotopic (exact) mass is 162 g/mol. The minimum absolute atomic E-state index is 0.0850. The van der Waals surface area contributed by atoms with Crippen molar-refractivity contribution in [2.75, 3.05) is 27.7 Å². The SMILES string of the molecule is COC(=O)CC(O)C[NH+](C)C. The first kappa shape index (κ1) is 10.4. The third-order valence-electron chi connectivity index (χ3n) is 1.27. The number of methoxy groups -OCH3 is 1. The van der Waals surface area contributed by atoms with Crippen LogP contribution in [0.2, 0.25) is 0 Å². The number of aliphatic hydroxyl groups excluding tert-OH is 1. The highest BCUT2D eigenvalue weighted by molar-refractivity contribution is 5.69. The predicted octanol–water partition coefficient (Wildman–Crippen LogP) is -1.95. The Morgan fingerprint density at radius 2 is 2.18 bits per heavy atom. The van der Waals surface area contributed by atoms with Gasteiger partial charge in [0, 0.05) is 0 Å². The summed E-state index contributed by atoms with van der Waals surface area (Å²) in [5, 5.41) is 9.20. The number of rotatable bonds is 4. The summed E-state index contributed by atoms with van der Waals surface area (Å²) in [5.74, 6) is -0.362. The van der Waals surface area contributed by atoms with Gasteiger partial charge in [0.05, 0.1) is 27.6 Å². The van der Waals surface area contributed by atoms with Crippen molar-refractivity contribution >= 4 is 5.97 Å². The van der Waals surface area contributed by atoms with E-state index in [4.69, 9.17) is 0 Å². The second-order valence-corrected chi connectivity index (χ2v) is 2.85. The van der Waals surface area contributed by atoms with E-state index < -0.39 is 6.10 Å². The Morgan fingerprint density at radius 1 is 1.64 bits per heavy atom. The number of ether oxygens (including phenoxy) is 1. The summed E-state index contributed by atoms with van der Waals surface area (Å²) in [6.07, 6.45) is -0.505. The second-order valence-electron chi connectivity index (χ2n) is 2.85. The number of hydrogen-bond donors (Lipinski definition) is 2. The molecule has 11 heavy (non-hydrogen) atoms. The van der Waals surface area contributed by atoms with Crippen LogP contribution in [0.3, 0.4) is 0 Å². The zero-order chi connectivity index (χ0) is 8.85. The molecule has 0 heterocycles. The van der Waals surface area contributed by atoms with Gasteiger partial charge in [0.25, 0.3) is 0 Å². The maximum absolute atomic E-state index is 10.6. The molecule has 0 spiro atoms. The second kappa shape index (κ2) is 5.09. The quantitative estimate of drug-likeness (QED) is 0.473. The van der Waals surface area contributed by atoms with Gasteiger partial charge in [-0.25, -0.2) is 0 Å². The van der Waals surface area contributed by atoms with E-state index in [-0.39, 0.29) is 12.4 Å². The smallest absolute Gasteiger partial charge is 0.308 e. The van der Waals surface area contributed by atoms with Gasteiger partial charge in [-0.05, 0) is 0 Å². The van der Waals surface area contributed by atoms with Crippen LogP contribution in [0.1, 0.15) is 6.42 Å². The van der Waals surface area contributed by atoms with Gasteiger partial charge < -0.3 is 14.7 Å². The van der Waals surface area contributed by atoms with Crippen molar-refractivity contribution in [3.63, 3.8) is 0 Å². The van der Waals surface area contributed by atoms with Crippen LogP contribution in [0.15, 0.2) is 0 Å². The molecule has 0 aliphatic heterocycles. The van der Waals surface area contributed by atoms with Gasteiger partial charge in [-0.3, -0.25) is 4.79 Å². The maximum atomic E-state index is 10.6. The normalized spacial score (nSPS) is 13.2. The largest absolute Gasteiger partial charge is 0.469 e. The fraction of sp³-hybridized carbons (Fsp3) is 0.857. The highest BCUT2D eigenvalue weighted by Crippen LogP contribution is 1.89. The van der Waals surface area contributed by atoms with E-state index in [2.05, 4.69) is 4.74 Å². The van der Waals surface area contributed by atoms with Gasteiger partial charge in [-0.15, -0.1) is 0 Å². The lowest BCUT2D eigenvalue weighted by molar-refractivity contribution is -0.861. The molecule has 0 fully saturated rings. The van der Waals surface area contributed by atoms with Crippen LogP contribution < -0.4 is 4.90 Å². The number of quaternary nitrogens is 1. The number of esters is 1. The van der Waals surface area contributed by atoms with E-state index in [1.807, 2.05) is 14.1 Å². The van der Waals surface area contributed by atoms with Crippen molar-refractivity contribution in [2.24, 2.45) is 0 Å². The lowest BCUT2D eigenvalue weighted by Crippen LogP contribution is -3.07. The Morgan fingerprint density at radius 3 is 2.55 bits per heavy atom. The van der Waals surface area contributed by atoms with Gasteiger partial charge in [0.2, 0.25) is 0 Å². The Balaban J connectivity index is 3.51. The van der Waals surface area contributed by atoms with Gasteiger partial charge in [0.15, 0.2) is 0 Å². The average Bonchev–Trinajstić information content (AvgIpc) is 1.85. The molecule has 0 aromatic heterocycles. The van der Waals surface area contributed by atoms with Crippen molar-refractivity contribution in [1.82, 2.24) is 0 Å². The Kier molecular flexibility index (Phi) is 4.81. The van der Waals surface area contributed by atoms with Crippen LogP contribution in [-0.4, -0.2) is 44.9 Å². The van der Waals surface area contributed by atoms with E-state index in [1.165, 1.54) is 7.11 Å². The summed E-state index contributed by atoms with van der Waals surface area (Å²) in [4.78, 5) is 11.7. The molecule has 0 amide bonds. The number of aliphatic hydroxyl groups is 1. The summed E-state index contributed by atoms with van der Waals surface area (Å²) in [6, 6.07) is 0. The minimum Gasteiger partial charge on any atom is -0.469 e. The van der Waals surface area contributed by atoms with Crippen LogP contribution in [-0.2, 0) is 9.53 Å². The standard InChI is InChI=1S/C7H15NO3/c1-8(2)5-6(9)4-7(10)11-3/h6,9H,4-5H2,1-3H3/p+1. The molecule has 0 bridgehead atoms. The lowest BCUT2D eigenvalue weighted by atomic mass is 10.2. The molecule has 0 radical (unpaired) electrons. The van der Waals surface area contributed by atoms with E-state index in [1.54, 1.807) is 0 Å². The van der Waals surface area contributed by atoms with Crippen molar-refractivity contribution in [1.29, 1.82) is 0 Å². The molecule has 4 heteroatoms. The molecule has 66 valence electrons. The van der Waals surface area contributed by atoms with Crippen molar-refractivity contribution in [3.05, 3.63) is 0 Å². The van der Waals surface area contributed by atoms with Crippen molar-refractivity contribution in [2.45, 2.75) is 12.5 Å². The molecule has 4 nitrogen and oxygen atoms in total. The topological polar surface area (TPSA) is 51.0 Å². The molecule has 0 rings (SSSR count). The summed E-state index contributed by atoms with van der Waals surface area (Å²) < 4.78 is 4.39. The van der Waals surface area contributed by atoms with E-state index in [0.717, 1.165) is 4.90 Å². The number of likely N-dealkylation sites (N-methyl/N-ethyl adjacent to an activating group) is 1. The third-order valence-corrected chi connectivity index (χ3v) is 1.27. The number of nitrogens with one attached hydrogen (secondary N) is 1. The van der Waals surface area contributed by atoms with Gasteiger partial charge in [-0.2, -0.15) is 0 Å². The van der Waals surface area contributed by atoms with Crippen LogP contribution in [0.5, 0.6) is 0 Å². The summed E-state index contributed by atoms with van der Waals surface area (Å²) >= 11 is 0. The zero-order valence-electron chi connectivity index (χ0n) is 7.26. The first-order valence-electron chi connectivity index (χ1n) is 3.60. The first-order chi connectivity index (χ1) is 5.06. The molecule has 0 saturated heterocycles. The highest BCUT2D eigenvalue weighted by atomic mass is 16.5. The summed E-state index contributed by atoms with van der Waals surface area (Å²) in [7, 11) is 5.15. The average molecular weight is 162 g/mol. The molecule has 0 aromatic carbocycles. The molecular weight excluding hydrogens is 146 g/mol. The fourth-order valence-corrected chi connectivity index (χ4v) is 0.819. The molecule has 0 aromatic rings. The van der Waals surface area contributed by atoms with Crippen LogP contribution in [0.25, 0.3) is 0 Å². The Hall–Kier alpha value is -0.610. The minimum atomic E-state index is -0.590. The molecule has 0 saturated carbocycles. The maximum Gasteiger partial charge on any atom is 0.308 e. The highest BCUT2D eigenvalue weighted by Gasteiger charge is 2.13. The van der Waals surface area contributed by atoms with E-state index >= 15 is 0 Å². The zero-order valence-corrected chi connectivity index (χ0v) is 7.26. The molecule has 1 unspecified atom stereocenters. The van der Waals surface area contributed by atoms with Crippen LogP contribution in [0, 0.1) is 0 Å². The summed E-state index contributed by atoms with van der Waals surface area (Å²) in [5.41, 5.74) is 0.